The van der Waals surface area contributed by atoms with Crippen molar-refractivity contribution in [3.05, 3.63) is 34.4 Å². The van der Waals surface area contributed by atoms with Crippen LogP contribution < -0.4 is 4.74 Å². The van der Waals surface area contributed by atoms with Crippen LogP contribution in [0.1, 0.15) is 0 Å². The number of hydrogen-bond acceptors (Lipinski definition) is 13. The number of benzene rings is 1. The van der Waals surface area contributed by atoms with Gasteiger partial charge in [-0.1, -0.05) is 0 Å². The van der Waals surface area contributed by atoms with Crippen molar-refractivity contribution < 1.29 is 60.0 Å². The Labute approximate surface area is 180 Å². The minimum absolute atomic E-state index is 0.136. The first-order chi connectivity index (χ1) is 15.0. The molecule has 180 valence electrons. The highest BCUT2D eigenvalue weighted by atomic mass is 16.7. The molecule has 0 radical (unpaired) electrons. The number of non-ortho nitro benzene ring substituents is 1. The van der Waals surface area contributed by atoms with E-state index in [0.29, 0.717) is 0 Å². The van der Waals surface area contributed by atoms with Crippen LogP contribution in [0.25, 0.3) is 0 Å². The van der Waals surface area contributed by atoms with Gasteiger partial charge in [-0.3, -0.25) is 10.1 Å². The van der Waals surface area contributed by atoms with Crippen molar-refractivity contribution in [1.29, 1.82) is 0 Å². The lowest BCUT2D eigenvalue weighted by atomic mass is 9.68. The van der Waals surface area contributed by atoms with Crippen molar-refractivity contribution in [3.63, 3.8) is 0 Å². The van der Waals surface area contributed by atoms with E-state index in [0.717, 1.165) is 24.3 Å². The summed E-state index contributed by atoms with van der Waals surface area (Å²) in [5.74, 6) is -0.136. The second-order valence-electron chi connectivity index (χ2n) is 7.71. The topological polar surface area (TPSA) is 233 Å². The van der Waals surface area contributed by atoms with Gasteiger partial charge in [0.25, 0.3) is 5.69 Å². The highest BCUT2D eigenvalue weighted by Gasteiger charge is 2.71. The molecule has 9 atom stereocenters. The molecule has 32 heavy (non-hydrogen) atoms. The first-order valence-corrected chi connectivity index (χ1v) is 9.58. The summed E-state index contributed by atoms with van der Waals surface area (Å²) < 4.78 is 15.9. The van der Waals surface area contributed by atoms with Crippen molar-refractivity contribution in [2.75, 3.05) is 19.8 Å². The Morgan fingerprint density at radius 3 is 2.09 bits per heavy atom. The molecule has 1 aromatic rings. The number of nitro benzene ring substituents is 1. The molecule has 0 unspecified atom stereocenters. The Hall–Kier alpha value is -1.98. The molecular weight excluding hydrogens is 438 g/mol. The summed E-state index contributed by atoms with van der Waals surface area (Å²) in [4.78, 5) is 10.2. The molecular formula is C18H25NO13. The third-order valence-electron chi connectivity index (χ3n) is 5.87. The standard InChI is InChI=1S/C18H25NO13/c20-5-10-12(22)14(24)17(26,7-30-10)18(27)15(25)13(23)11(6-21)32-16(18)31-9-3-1-8(2-4-9)19(28)29/h1-4,10-16,20-27H,5-7H2/t10-,11-,12+,13-,14+,15+,16+,17-,18+/m1/s1. The van der Waals surface area contributed by atoms with Crippen LogP contribution >= 0.6 is 0 Å². The highest BCUT2D eigenvalue weighted by molar-refractivity contribution is 5.36. The van der Waals surface area contributed by atoms with E-state index < -0.39 is 78.9 Å². The van der Waals surface area contributed by atoms with Crippen LogP contribution in [0.5, 0.6) is 5.75 Å². The maximum absolute atomic E-state index is 11.4. The summed E-state index contributed by atoms with van der Waals surface area (Å²) in [6.45, 7) is -2.49. The van der Waals surface area contributed by atoms with Gasteiger partial charge < -0.3 is 55.1 Å². The average Bonchev–Trinajstić information content (AvgIpc) is 2.78. The molecule has 2 fully saturated rings. The SMILES string of the molecule is O=[N+]([O-])c1ccc(O[C@H]2O[C@H](CO)[C@@H](O)[C@H](O)[C@@]2(O)[C@@]2(O)CO[C@H](CO)[C@H](O)[C@@H]2O)cc1. The van der Waals surface area contributed by atoms with Crippen molar-refractivity contribution in [3.8, 4) is 5.75 Å². The molecule has 0 aromatic heterocycles. The first-order valence-electron chi connectivity index (χ1n) is 9.58. The van der Waals surface area contributed by atoms with Crippen LogP contribution in [0, 0.1) is 10.1 Å². The molecule has 8 N–H and O–H groups in total. The van der Waals surface area contributed by atoms with E-state index in [9.17, 15) is 51.0 Å². The molecule has 2 aliphatic heterocycles. The average molecular weight is 463 g/mol. The third kappa shape index (κ3) is 3.84. The zero-order chi connectivity index (χ0) is 23.8. The molecule has 0 spiro atoms. The van der Waals surface area contributed by atoms with E-state index >= 15 is 0 Å². The molecule has 0 saturated carbocycles. The van der Waals surface area contributed by atoms with Gasteiger partial charge in [-0.2, -0.15) is 0 Å². The van der Waals surface area contributed by atoms with E-state index in [1.807, 2.05) is 0 Å². The Morgan fingerprint density at radius 2 is 1.56 bits per heavy atom. The van der Waals surface area contributed by atoms with Crippen LogP contribution in [0.15, 0.2) is 24.3 Å². The molecule has 2 saturated heterocycles. The van der Waals surface area contributed by atoms with E-state index in [1.54, 1.807) is 0 Å². The molecule has 2 aliphatic rings. The largest absolute Gasteiger partial charge is 0.462 e. The molecule has 2 heterocycles. The number of nitrogens with zero attached hydrogens (tertiary/aromatic N) is 1. The van der Waals surface area contributed by atoms with Crippen LogP contribution in [-0.2, 0) is 9.47 Å². The van der Waals surface area contributed by atoms with Crippen LogP contribution in [0.2, 0.25) is 0 Å². The van der Waals surface area contributed by atoms with Gasteiger partial charge in [-0.05, 0) is 12.1 Å². The number of hydrogen-bond donors (Lipinski definition) is 8. The van der Waals surface area contributed by atoms with E-state index in [1.165, 1.54) is 0 Å². The Morgan fingerprint density at radius 1 is 1.00 bits per heavy atom. The fourth-order valence-electron chi connectivity index (χ4n) is 3.86. The lowest BCUT2D eigenvalue weighted by Gasteiger charge is -2.57. The number of rotatable bonds is 6. The minimum Gasteiger partial charge on any atom is -0.462 e. The summed E-state index contributed by atoms with van der Waals surface area (Å²) in [6.07, 6.45) is -13.3. The maximum atomic E-state index is 11.4. The van der Waals surface area contributed by atoms with Crippen molar-refractivity contribution in [1.82, 2.24) is 0 Å². The Kier molecular flexibility index (Phi) is 7.02. The summed E-state index contributed by atoms with van der Waals surface area (Å²) in [5, 5.41) is 93.8. The van der Waals surface area contributed by atoms with Crippen molar-refractivity contribution in [2.24, 2.45) is 0 Å². The summed E-state index contributed by atoms with van der Waals surface area (Å²) >= 11 is 0. The van der Waals surface area contributed by atoms with Gasteiger partial charge in [-0.15, -0.1) is 0 Å². The molecule has 3 rings (SSSR count). The van der Waals surface area contributed by atoms with Crippen LogP contribution in [0.3, 0.4) is 0 Å². The summed E-state index contributed by atoms with van der Waals surface area (Å²) in [5.41, 5.74) is -6.24. The number of nitro groups is 1. The summed E-state index contributed by atoms with van der Waals surface area (Å²) in [6, 6.07) is 4.38. The highest BCUT2D eigenvalue weighted by Crippen LogP contribution is 2.44. The van der Waals surface area contributed by atoms with E-state index in [-0.39, 0.29) is 11.4 Å². The van der Waals surface area contributed by atoms with E-state index in [2.05, 4.69) is 0 Å². The van der Waals surface area contributed by atoms with Crippen molar-refractivity contribution in [2.45, 2.75) is 54.1 Å². The molecule has 0 aliphatic carbocycles. The number of aliphatic hydroxyl groups is 8. The zero-order valence-electron chi connectivity index (χ0n) is 16.5. The smallest absolute Gasteiger partial charge is 0.269 e. The predicted molar refractivity (Wildman–Crippen MR) is 100 cm³/mol. The quantitative estimate of drug-likeness (QED) is 0.149. The summed E-state index contributed by atoms with van der Waals surface area (Å²) in [7, 11) is 0. The Balaban J connectivity index is 2.01. The zero-order valence-corrected chi connectivity index (χ0v) is 16.5. The monoisotopic (exact) mass is 463 g/mol. The van der Waals surface area contributed by atoms with Crippen molar-refractivity contribution >= 4 is 5.69 Å². The molecule has 14 heteroatoms. The molecule has 14 nitrogen and oxygen atoms in total. The van der Waals surface area contributed by atoms with Gasteiger partial charge in [-0.25, -0.2) is 0 Å². The van der Waals surface area contributed by atoms with Crippen LogP contribution in [-0.4, -0.2) is 120 Å². The van der Waals surface area contributed by atoms with Gasteiger partial charge in [0.05, 0.1) is 24.7 Å². The fraction of sp³-hybridized carbons (Fsp3) is 0.667. The predicted octanol–water partition coefficient (Wildman–Crippen LogP) is -4.01. The van der Waals surface area contributed by atoms with Gasteiger partial charge in [0, 0.05) is 12.1 Å². The second-order valence-corrected chi connectivity index (χ2v) is 7.71. The third-order valence-corrected chi connectivity index (χ3v) is 5.87. The second kappa shape index (κ2) is 9.11. The number of aliphatic hydroxyl groups excluding tert-OH is 6. The van der Waals surface area contributed by atoms with Gasteiger partial charge in [0.15, 0.2) is 11.2 Å². The molecule has 1 aromatic carbocycles. The van der Waals surface area contributed by atoms with Gasteiger partial charge in [0.2, 0.25) is 6.29 Å². The lowest BCUT2D eigenvalue weighted by molar-refractivity contribution is -0.394. The molecule has 0 amide bonds. The van der Waals surface area contributed by atoms with Gasteiger partial charge in [0.1, 0.15) is 42.4 Å². The minimum atomic E-state index is -3.05. The van der Waals surface area contributed by atoms with E-state index in [4.69, 9.17) is 14.2 Å². The maximum Gasteiger partial charge on any atom is 0.269 e. The Bertz CT molecular complexity index is 809. The normalized spacial score (nSPS) is 42.4. The molecule has 0 bridgehead atoms. The van der Waals surface area contributed by atoms with Crippen LogP contribution in [0.4, 0.5) is 5.69 Å². The fourth-order valence-corrected chi connectivity index (χ4v) is 3.86. The van der Waals surface area contributed by atoms with Gasteiger partial charge >= 0.3 is 0 Å². The number of ether oxygens (including phenoxy) is 3. The lowest BCUT2D eigenvalue weighted by Crippen LogP contribution is -2.83. The first kappa shape index (κ1) is 24.7.